The highest BCUT2D eigenvalue weighted by Gasteiger charge is 2.29. The first kappa shape index (κ1) is 17.7. The summed E-state index contributed by atoms with van der Waals surface area (Å²) in [7, 11) is 1.66. The number of anilines is 1. The van der Waals surface area contributed by atoms with Crippen molar-refractivity contribution < 1.29 is 9.53 Å². The fourth-order valence-corrected chi connectivity index (χ4v) is 4.60. The number of nitrogens with zero attached hydrogens (tertiary/aromatic N) is 1. The summed E-state index contributed by atoms with van der Waals surface area (Å²) >= 11 is 1.76. The molecule has 0 bridgehead atoms. The van der Waals surface area contributed by atoms with E-state index in [0.717, 1.165) is 27.5 Å². The van der Waals surface area contributed by atoms with Crippen molar-refractivity contribution in [3.8, 4) is 5.75 Å². The Hall–Kier alpha value is -2.72. The molecule has 0 fully saturated rings. The van der Waals surface area contributed by atoms with Gasteiger partial charge in [0.1, 0.15) is 5.75 Å². The van der Waals surface area contributed by atoms with E-state index < -0.39 is 0 Å². The lowest BCUT2D eigenvalue weighted by molar-refractivity contribution is -0.118. The molecule has 3 nitrogen and oxygen atoms in total. The molecule has 0 saturated carbocycles. The van der Waals surface area contributed by atoms with Gasteiger partial charge in [0.2, 0.25) is 5.91 Å². The fraction of sp³-hybridized carbons (Fsp3) is 0.174. The molecule has 1 aliphatic heterocycles. The van der Waals surface area contributed by atoms with E-state index in [2.05, 4.69) is 30.3 Å². The number of amides is 1. The molecule has 1 unspecified atom stereocenters. The number of thioether (sulfide) groups is 1. The average molecular weight is 375 g/mol. The molecule has 1 amide bonds. The van der Waals surface area contributed by atoms with E-state index in [1.165, 1.54) is 0 Å². The van der Waals surface area contributed by atoms with Crippen molar-refractivity contribution in [3.63, 3.8) is 0 Å². The van der Waals surface area contributed by atoms with Crippen LogP contribution >= 0.6 is 11.8 Å². The van der Waals surface area contributed by atoms with Gasteiger partial charge in [-0.2, -0.15) is 0 Å². The van der Waals surface area contributed by atoms with Crippen LogP contribution in [0.1, 0.15) is 22.8 Å². The third kappa shape index (κ3) is 3.86. The zero-order valence-electron chi connectivity index (χ0n) is 15.2. The van der Waals surface area contributed by atoms with Gasteiger partial charge in [0.15, 0.2) is 0 Å². The molecular weight excluding hydrogens is 354 g/mol. The summed E-state index contributed by atoms with van der Waals surface area (Å²) in [4.78, 5) is 16.2. The SMILES string of the molecule is COc1ccc(C2CC(=O)N(Cc3ccccc3)c3ccccc3S2)cc1. The van der Waals surface area contributed by atoms with E-state index in [1.807, 2.05) is 53.4 Å². The minimum absolute atomic E-state index is 0.0883. The number of hydrogen-bond acceptors (Lipinski definition) is 3. The maximum atomic E-state index is 13.2. The highest BCUT2D eigenvalue weighted by atomic mass is 32.2. The first-order valence-corrected chi connectivity index (χ1v) is 9.86. The van der Waals surface area contributed by atoms with Crippen LogP contribution in [0, 0.1) is 0 Å². The van der Waals surface area contributed by atoms with Gasteiger partial charge in [0, 0.05) is 16.6 Å². The summed E-state index contributed by atoms with van der Waals surface area (Å²) in [6, 6.07) is 26.4. The summed E-state index contributed by atoms with van der Waals surface area (Å²) in [6.07, 6.45) is 0.471. The number of benzene rings is 3. The molecule has 3 aromatic rings. The number of methoxy groups -OCH3 is 1. The van der Waals surface area contributed by atoms with Gasteiger partial charge in [0.05, 0.1) is 19.3 Å². The Bertz CT molecular complexity index is 925. The van der Waals surface area contributed by atoms with Crippen LogP contribution in [0.3, 0.4) is 0 Å². The summed E-state index contributed by atoms with van der Waals surface area (Å²) in [5.41, 5.74) is 3.27. The fourth-order valence-electron chi connectivity index (χ4n) is 3.32. The molecule has 27 heavy (non-hydrogen) atoms. The number of carbonyl (C=O) groups is 1. The molecule has 1 heterocycles. The quantitative estimate of drug-likeness (QED) is 0.606. The number of carbonyl (C=O) groups excluding carboxylic acids is 1. The molecule has 136 valence electrons. The number of para-hydroxylation sites is 1. The maximum absolute atomic E-state index is 13.2. The Morgan fingerprint density at radius 1 is 0.963 bits per heavy atom. The van der Waals surface area contributed by atoms with Crippen LogP contribution in [-0.2, 0) is 11.3 Å². The number of fused-ring (bicyclic) bond motifs is 1. The van der Waals surface area contributed by atoms with Gasteiger partial charge < -0.3 is 9.64 Å². The first-order chi connectivity index (χ1) is 13.2. The molecular formula is C23H21NO2S. The van der Waals surface area contributed by atoms with E-state index >= 15 is 0 Å². The zero-order chi connectivity index (χ0) is 18.6. The van der Waals surface area contributed by atoms with Crippen molar-refractivity contribution in [2.45, 2.75) is 23.1 Å². The van der Waals surface area contributed by atoms with E-state index in [1.54, 1.807) is 18.9 Å². The predicted octanol–water partition coefficient (Wildman–Crippen LogP) is 5.47. The molecule has 3 aromatic carbocycles. The maximum Gasteiger partial charge on any atom is 0.228 e. The highest BCUT2D eigenvalue weighted by Crippen LogP contribution is 2.46. The second-order valence-corrected chi connectivity index (χ2v) is 7.76. The second-order valence-electron chi connectivity index (χ2n) is 6.52. The summed E-state index contributed by atoms with van der Waals surface area (Å²) in [6.45, 7) is 0.590. The Morgan fingerprint density at radius 2 is 1.67 bits per heavy atom. The van der Waals surface area contributed by atoms with Crippen LogP contribution < -0.4 is 9.64 Å². The van der Waals surface area contributed by atoms with Gasteiger partial charge in [0.25, 0.3) is 0 Å². The Labute approximate surface area is 164 Å². The largest absolute Gasteiger partial charge is 0.497 e. The van der Waals surface area contributed by atoms with E-state index in [-0.39, 0.29) is 11.2 Å². The van der Waals surface area contributed by atoms with Crippen LogP contribution in [0.4, 0.5) is 5.69 Å². The van der Waals surface area contributed by atoms with Crippen LogP contribution in [0.2, 0.25) is 0 Å². The third-order valence-corrected chi connectivity index (χ3v) is 6.08. The Kier molecular flexibility index (Phi) is 5.16. The predicted molar refractivity (Wildman–Crippen MR) is 110 cm³/mol. The van der Waals surface area contributed by atoms with Crippen molar-refractivity contribution in [2.75, 3.05) is 12.0 Å². The number of ether oxygens (including phenoxy) is 1. The highest BCUT2D eigenvalue weighted by molar-refractivity contribution is 7.99. The lowest BCUT2D eigenvalue weighted by Gasteiger charge is -2.22. The molecule has 4 heteroatoms. The molecule has 0 saturated heterocycles. The molecule has 0 aliphatic carbocycles. The van der Waals surface area contributed by atoms with Gasteiger partial charge in [-0.25, -0.2) is 0 Å². The van der Waals surface area contributed by atoms with E-state index in [4.69, 9.17) is 4.74 Å². The Morgan fingerprint density at radius 3 is 2.41 bits per heavy atom. The summed E-state index contributed by atoms with van der Waals surface area (Å²) in [5, 5.41) is 0.0883. The first-order valence-electron chi connectivity index (χ1n) is 8.98. The lowest BCUT2D eigenvalue weighted by atomic mass is 10.1. The topological polar surface area (TPSA) is 29.5 Å². The smallest absolute Gasteiger partial charge is 0.228 e. The minimum Gasteiger partial charge on any atom is -0.497 e. The minimum atomic E-state index is 0.0883. The summed E-state index contributed by atoms with van der Waals surface area (Å²) < 4.78 is 5.26. The van der Waals surface area contributed by atoms with Gasteiger partial charge in [-0.3, -0.25) is 4.79 Å². The lowest BCUT2D eigenvalue weighted by Crippen LogP contribution is -2.30. The molecule has 1 atom stereocenters. The third-order valence-electron chi connectivity index (χ3n) is 4.76. The van der Waals surface area contributed by atoms with Gasteiger partial charge in [-0.1, -0.05) is 54.6 Å². The van der Waals surface area contributed by atoms with Crippen molar-refractivity contribution in [2.24, 2.45) is 0 Å². The normalized spacial score (nSPS) is 16.6. The summed E-state index contributed by atoms with van der Waals surface area (Å²) in [5.74, 6) is 0.979. The molecule has 4 rings (SSSR count). The van der Waals surface area contributed by atoms with Gasteiger partial charge >= 0.3 is 0 Å². The molecule has 0 aromatic heterocycles. The molecule has 0 radical (unpaired) electrons. The second kappa shape index (κ2) is 7.89. The Balaban J connectivity index is 1.67. The van der Waals surface area contributed by atoms with Crippen molar-refractivity contribution in [3.05, 3.63) is 90.0 Å². The van der Waals surface area contributed by atoms with Crippen molar-refractivity contribution >= 4 is 23.4 Å². The monoisotopic (exact) mass is 375 g/mol. The van der Waals surface area contributed by atoms with E-state index in [9.17, 15) is 4.79 Å². The number of rotatable bonds is 4. The zero-order valence-corrected chi connectivity index (χ0v) is 16.0. The van der Waals surface area contributed by atoms with Crippen LogP contribution in [0.5, 0.6) is 5.75 Å². The average Bonchev–Trinajstić information content (AvgIpc) is 2.86. The van der Waals surface area contributed by atoms with Gasteiger partial charge in [-0.15, -0.1) is 11.8 Å². The number of hydrogen-bond donors (Lipinski definition) is 0. The van der Waals surface area contributed by atoms with Crippen molar-refractivity contribution in [1.82, 2.24) is 0 Å². The van der Waals surface area contributed by atoms with E-state index in [0.29, 0.717) is 13.0 Å². The van der Waals surface area contributed by atoms with Gasteiger partial charge in [-0.05, 0) is 35.4 Å². The van der Waals surface area contributed by atoms with Crippen LogP contribution in [-0.4, -0.2) is 13.0 Å². The van der Waals surface area contributed by atoms with Crippen molar-refractivity contribution in [1.29, 1.82) is 0 Å². The molecule has 0 N–H and O–H groups in total. The molecule has 1 aliphatic rings. The van der Waals surface area contributed by atoms with Crippen LogP contribution in [0.15, 0.2) is 83.8 Å². The van der Waals surface area contributed by atoms with Crippen LogP contribution in [0.25, 0.3) is 0 Å². The molecule has 0 spiro atoms. The standard InChI is InChI=1S/C23H21NO2S/c1-26-19-13-11-18(12-14-19)22-15-23(25)24(16-17-7-3-2-4-8-17)20-9-5-6-10-21(20)27-22/h2-14,22H,15-16H2,1H3.